The van der Waals surface area contributed by atoms with Gasteiger partial charge in [0.2, 0.25) is 10.0 Å². The molecular weight excluding hydrogens is 430 g/mol. The van der Waals surface area contributed by atoms with E-state index in [1.165, 1.54) is 23.5 Å². The van der Waals surface area contributed by atoms with Gasteiger partial charge in [-0.05, 0) is 29.8 Å². The molecule has 3 aromatic rings. The number of fused-ring (bicyclic) bond motifs is 1. The van der Waals surface area contributed by atoms with E-state index in [0.29, 0.717) is 5.13 Å². The first-order valence-electron chi connectivity index (χ1n) is 9.07. The van der Waals surface area contributed by atoms with Crippen molar-refractivity contribution in [3.05, 3.63) is 52.1 Å². The molecule has 1 saturated heterocycles. The summed E-state index contributed by atoms with van der Waals surface area (Å²) in [6.45, 7) is 4.08. The summed E-state index contributed by atoms with van der Waals surface area (Å²) in [7, 11) is -4.04. The molecule has 158 valence electrons. The Kier molecular flexibility index (Phi) is 5.66. The summed E-state index contributed by atoms with van der Waals surface area (Å²) in [5, 5.41) is 19.9. The van der Waals surface area contributed by atoms with Crippen LogP contribution in [-0.2, 0) is 21.3 Å². The lowest BCUT2D eigenvalue weighted by atomic mass is 10.2. The Balaban J connectivity index is 1.58. The molecule has 1 aliphatic heterocycles. The van der Waals surface area contributed by atoms with E-state index < -0.39 is 20.6 Å². The number of nitrogens with two attached hydrogens (primary N) is 1. The van der Waals surface area contributed by atoms with Gasteiger partial charge in [0.05, 0.1) is 33.2 Å². The SMILES string of the molecule is NS(=O)(=O)c1ccc(Nc2nc3ccc(CN4CCOCC4)cc3s2)c([N+](=O)[O-])c1. The fraction of sp³-hybridized carbons (Fsp3) is 0.278. The quantitative estimate of drug-likeness (QED) is 0.432. The highest BCUT2D eigenvalue weighted by atomic mass is 32.2. The molecule has 3 N–H and O–H groups in total. The number of ether oxygens (including phenoxy) is 1. The minimum Gasteiger partial charge on any atom is -0.379 e. The molecule has 0 radical (unpaired) electrons. The Morgan fingerprint density at radius 2 is 2.00 bits per heavy atom. The predicted molar refractivity (Wildman–Crippen MR) is 113 cm³/mol. The van der Waals surface area contributed by atoms with Crippen molar-refractivity contribution in [2.24, 2.45) is 5.14 Å². The van der Waals surface area contributed by atoms with Crippen molar-refractivity contribution in [3.63, 3.8) is 0 Å². The number of nitrogens with zero attached hydrogens (tertiary/aromatic N) is 3. The molecule has 0 spiro atoms. The lowest BCUT2D eigenvalue weighted by molar-refractivity contribution is -0.384. The lowest BCUT2D eigenvalue weighted by Gasteiger charge is -2.26. The van der Waals surface area contributed by atoms with Crippen molar-refractivity contribution >= 4 is 48.1 Å². The number of anilines is 2. The van der Waals surface area contributed by atoms with E-state index in [9.17, 15) is 18.5 Å². The maximum absolute atomic E-state index is 11.5. The van der Waals surface area contributed by atoms with Crippen LogP contribution in [0.1, 0.15) is 5.56 Å². The Hall–Kier alpha value is -2.64. The molecule has 0 bridgehead atoms. The number of primary sulfonamides is 1. The first kappa shape index (κ1) is 20.6. The van der Waals surface area contributed by atoms with Crippen molar-refractivity contribution < 1.29 is 18.1 Å². The van der Waals surface area contributed by atoms with E-state index in [4.69, 9.17) is 9.88 Å². The summed E-state index contributed by atoms with van der Waals surface area (Å²) in [5.41, 5.74) is 1.67. The second kappa shape index (κ2) is 8.24. The van der Waals surface area contributed by atoms with Crippen molar-refractivity contribution in [3.8, 4) is 0 Å². The van der Waals surface area contributed by atoms with E-state index in [0.717, 1.165) is 54.7 Å². The highest BCUT2D eigenvalue weighted by Crippen LogP contribution is 2.34. The number of hydrogen-bond donors (Lipinski definition) is 2. The molecule has 1 fully saturated rings. The average Bonchev–Trinajstić information content (AvgIpc) is 3.09. The first-order chi connectivity index (χ1) is 14.3. The van der Waals surface area contributed by atoms with Crippen LogP contribution in [0.25, 0.3) is 10.2 Å². The van der Waals surface area contributed by atoms with Crippen LogP contribution in [0, 0.1) is 10.1 Å². The molecule has 10 nitrogen and oxygen atoms in total. The molecule has 2 heterocycles. The number of aromatic nitrogens is 1. The second-order valence-electron chi connectivity index (χ2n) is 6.82. The van der Waals surface area contributed by atoms with Crippen LogP contribution in [0.15, 0.2) is 41.3 Å². The molecule has 4 rings (SSSR count). The predicted octanol–water partition coefficient (Wildman–Crippen LogP) is 2.43. The minimum atomic E-state index is -4.04. The van der Waals surface area contributed by atoms with E-state index in [2.05, 4.69) is 21.3 Å². The average molecular weight is 450 g/mol. The number of sulfonamides is 1. The van der Waals surface area contributed by atoms with Gasteiger partial charge in [-0.3, -0.25) is 15.0 Å². The fourth-order valence-electron chi connectivity index (χ4n) is 3.20. The van der Waals surface area contributed by atoms with Gasteiger partial charge in [-0.25, -0.2) is 18.5 Å². The highest BCUT2D eigenvalue weighted by Gasteiger charge is 2.20. The van der Waals surface area contributed by atoms with Crippen LogP contribution in [0.2, 0.25) is 0 Å². The third-order valence-corrected chi connectivity index (χ3v) is 6.54. The van der Waals surface area contributed by atoms with Gasteiger partial charge in [-0.15, -0.1) is 0 Å². The summed E-state index contributed by atoms with van der Waals surface area (Å²) < 4.78 is 29.3. The van der Waals surface area contributed by atoms with Gasteiger partial charge in [-0.2, -0.15) is 0 Å². The molecule has 0 amide bonds. The first-order valence-corrected chi connectivity index (χ1v) is 11.4. The smallest absolute Gasteiger partial charge is 0.294 e. The molecule has 1 aromatic heterocycles. The normalized spacial score (nSPS) is 15.4. The Morgan fingerprint density at radius 1 is 1.23 bits per heavy atom. The van der Waals surface area contributed by atoms with E-state index in [1.54, 1.807) is 0 Å². The third kappa shape index (κ3) is 4.57. The molecule has 0 atom stereocenters. The van der Waals surface area contributed by atoms with Crippen LogP contribution in [0.4, 0.5) is 16.5 Å². The Morgan fingerprint density at radius 3 is 2.70 bits per heavy atom. The fourth-order valence-corrected chi connectivity index (χ4v) is 4.67. The highest BCUT2D eigenvalue weighted by molar-refractivity contribution is 7.89. The topological polar surface area (TPSA) is 141 Å². The van der Waals surface area contributed by atoms with E-state index in [1.807, 2.05) is 12.1 Å². The second-order valence-corrected chi connectivity index (χ2v) is 9.41. The van der Waals surface area contributed by atoms with Gasteiger partial charge < -0.3 is 10.1 Å². The molecule has 0 unspecified atom stereocenters. The van der Waals surface area contributed by atoms with Gasteiger partial charge in [0.15, 0.2) is 5.13 Å². The van der Waals surface area contributed by atoms with Crippen molar-refractivity contribution in [2.45, 2.75) is 11.4 Å². The zero-order valence-corrected chi connectivity index (χ0v) is 17.4. The monoisotopic (exact) mass is 449 g/mol. The number of morpholine rings is 1. The largest absolute Gasteiger partial charge is 0.379 e. The van der Waals surface area contributed by atoms with Gasteiger partial charge >= 0.3 is 0 Å². The number of hydrogen-bond acceptors (Lipinski definition) is 9. The lowest BCUT2D eigenvalue weighted by Crippen LogP contribution is -2.35. The van der Waals surface area contributed by atoms with Gasteiger partial charge in [0, 0.05) is 25.7 Å². The zero-order chi connectivity index (χ0) is 21.3. The summed E-state index contributed by atoms with van der Waals surface area (Å²) in [6, 6.07) is 9.47. The molecule has 2 aromatic carbocycles. The zero-order valence-electron chi connectivity index (χ0n) is 15.8. The number of thiazole rings is 1. The molecule has 30 heavy (non-hydrogen) atoms. The summed E-state index contributed by atoms with van der Waals surface area (Å²) in [6.07, 6.45) is 0. The summed E-state index contributed by atoms with van der Waals surface area (Å²) in [5.74, 6) is 0. The van der Waals surface area contributed by atoms with Gasteiger partial charge in [0.25, 0.3) is 5.69 Å². The minimum absolute atomic E-state index is 0.139. The van der Waals surface area contributed by atoms with Crippen LogP contribution in [0.3, 0.4) is 0 Å². The van der Waals surface area contributed by atoms with E-state index in [-0.39, 0.29) is 10.6 Å². The molecule has 12 heteroatoms. The summed E-state index contributed by atoms with van der Waals surface area (Å²) >= 11 is 1.37. The third-order valence-electron chi connectivity index (χ3n) is 4.70. The Labute approximate surface area is 176 Å². The number of rotatable bonds is 6. The number of nitro groups is 1. The standard InChI is InChI=1S/C18H19N5O5S2/c19-30(26,27)13-2-4-14(16(10-13)23(24)25)20-18-21-15-3-1-12(9-17(15)29-18)11-22-5-7-28-8-6-22/h1-4,9-10H,5-8,11H2,(H,20,21)(H2,19,26,27). The van der Waals surface area contributed by atoms with Crippen LogP contribution < -0.4 is 10.5 Å². The molecule has 1 aliphatic rings. The van der Waals surface area contributed by atoms with Crippen LogP contribution in [0.5, 0.6) is 0 Å². The van der Waals surface area contributed by atoms with Gasteiger partial charge in [0.1, 0.15) is 5.69 Å². The van der Waals surface area contributed by atoms with Crippen molar-refractivity contribution in [2.75, 3.05) is 31.6 Å². The number of nitrogens with one attached hydrogen (secondary N) is 1. The molecule has 0 aliphatic carbocycles. The summed E-state index contributed by atoms with van der Waals surface area (Å²) in [4.78, 5) is 17.2. The number of benzene rings is 2. The van der Waals surface area contributed by atoms with Gasteiger partial charge in [-0.1, -0.05) is 17.4 Å². The van der Waals surface area contributed by atoms with Crippen LogP contribution >= 0.6 is 11.3 Å². The maximum Gasteiger partial charge on any atom is 0.294 e. The maximum atomic E-state index is 11.5. The number of nitro benzene ring substituents is 1. The van der Waals surface area contributed by atoms with E-state index >= 15 is 0 Å². The molecule has 0 saturated carbocycles. The molecular formula is C18H19N5O5S2. The Bertz CT molecular complexity index is 1200. The van der Waals surface area contributed by atoms with Crippen molar-refractivity contribution in [1.82, 2.24) is 9.88 Å². The van der Waals surface area contributed by atoms with Crippen molar-refractivity contribution in [1.29, 1.82) is 0 Å². The van der Waals surface area contributed by atoms with Crippen LogP contribution in [-0.4, -0.2) is 49.5 Å².